The quantitative estimate of drug-likeness (QED) is 0.656. The Labute approximate surface area is 162 Å². The van der Waals surface area contributed by atoms with Gasteiger partial charge in [-0.25, -0.2) is 9.78 Å². The van der Waals surface area contributed by atoms with Crippen molar-refractivity contribution >= 4 is 23.0 Å². The number of hydrogen-bond acceptors (Lipinski definition) is 5. The first-order chi connectivity index (χ1) is 13.2. The van der Waals surface area contributed by atoms with Gasteiger partial charge in [-0.2, -0.15) is 0 Å². The molecule has 2 heterocycles. The first kappa shape index (κ1) is 21.4. The van der Waals surface area contributed by atoms with Crippen LogP contribution in [0.3, 0.4) is 0 Å². The van der Waals surface area contributed by atoms with Gasteiger partial charge in [-0.15, -0.1) is 0 Å². The molecule has 0 saturated heterocycles. The van der Waals surface area contributed by atoms with Crippen molar-refractivity contribution in [2.45, 2.75) is 46.2 Å². The van der Waals surface area contributed by atoms with Crippen LogP contribution in [0.5, 0.6) is 0 Å². The molecule has 154 valence electrons. The molecule has 0 aliphatic carbocycles. The summed E-state index contributed by atoms with van der Waals surface area (Å²) in [5.74, 6) is -0.304. The molecule has 28 heavy (non-hydrogen) atoms. The van der Waals surface area contributed by atoms with Gasteiger partial charge in [-0.05, 0) is 27.2 Å². The van der Waals surface area contributed by atoms with Gasteiger partial charge in [0, 0.05) is 39.6 Å². The Balaban J connectivity index is 2.05. The second kappa shape index (κ2) is 8.85. The van der Waals surface area contributed by atoms with Crippen LogP contribution in [0.2, 0.25) is 0 Å². The average molecular weight is 392 g/mol. The molecule has 0 bridgehead atoms. The van der Waals surface area contributed by atoms with Crippen LogP contribution in [-0.4, -0.2) is 54.5 Å². The lowest BCUT2D eigenvalue weighted by molar-refractivity contribution is -0.136. The van der Waals surface area contributed by atoms with E-state index >= 15 is 0 Å². The third-order valence-electron chi connectivity index (χ3n) is 4.53. The fourth-order valence-corrected chi connectivity index (χ4v) is 3.04. The maximum absolute atomic E-state index is 12.4. The maximum atomic E-state index is 12.4. The molecule has 1 N–H and O–H groups in total. The summed E-state index contributed by atoms with van der Waals surface area (Å²) in [6.07, 6.45) is 2.23. The summed E-state index contributed by atoms with van der Waals surface area (Å²) in [6, 6.07) is 0.0226. The molecule has 2 rings (SSSR count). The molecule has 2 aromatic rings. The second-order valence-corrected chi connectivity index (χ2v) is 7.05. The van der Waals surface area contributed by atoms with Gasteiger partial charge in [0.2, 0.25) is 11.8 Å². The number of carbonyl (C=O) groups excluding carboxylic acids is 2. The molecule has 0 aliphatic rings. The Morgan fingerprint density at radius 3 is 2.50 bits per heavy atom. The van der Waals surface area contributed by atoms with Crippen LogP contribution in [0.15, 0.2) is 15.9 Å². The van der Waals surface area contributed by atoms with E-state index in [0.29, 0.717) is 30.7 Å². The third-order valence-corrected chi connectivity index (χ3v) is 4.53. The number of nitrogens with zero attached hydrogens (tertiary/aromatic N) is 5. The van der Waals surface area contributed by atoms with E-state index in [1.54, 1.807) is 11.6 Å². The van der Waals surface area contributed by atoms with E-state index in [1.807, 2.05) is 20.8 Å². The number of aromatic nitrogens is 4. The molecular weight excluding hydrogens is 364 g/mol. The van der Waals surface area contributed by atoms with Crippen molar-refractivity contribution in [1.29, 1.82) is 0 Å². The standard InChI is InChI=1S/C18H28N6O4/c1-6-23(10-13(25)20-12(2)3)14(26)8-7-9-24-11-19-16-15(24)17(27)22(5)18(28)21(16)4/h11-12H,6-10H2,1-5H3,(H,20,25). The number of likely N-dealkylation sites (N-methyl/N-ethyl adjacent to an activating group) is 1. The number of rotatable bonds is 8. The van der Waals surface area contributed by atoms with Gasteiger partial charge in [0.25, 0.3) is 5.56 Å². The van der Waals surface area contributed by atoms with Crippen LogP contribution in [0.1, 0.15) is 33.6 Å². The van der Waals surface area contributed by atoms with E-state index in [0.717, 1.165) is 4.57 Å². The summed E-state index contributed by atoms with van der Waals surface area (Å²) in [5.41, 5.74) is -0.195. The number of aryl methyl sites for hydroxylation is 2. The molecular formula is C18H28N6O4. The lowest BCUT2D eigenvalue weighted by Crippen LogP contribution is -2.42. The van der Waals surface area contributed by atoms with Crippen molar-refractivity contribution in [3.05, 3.63) is 27.2 Å². The van der Waals surface area contributed by atoms with Gasteiger partial charge < -0.3 is 14.8 Å². The van der Waals surface area contributed by atoms with Crippen molar-refractivity contribution < 1.29 is 9.59 Å². The largest absolute Gasteiger partial charge is 0.352 e. The van der Waals surface area contributed by atoms with Crippen molar-refractivity contribution in [2.75, 3.05) is 13.1 Å². The molecule has 0 atom stereocenters. The first-order valence-electron chi connectivity index (χ1n) is 9.35. The molecule has 10 heteroatoms. The Morgan fingerprint density at radius 2 is 1.89 bits per heavy atom. The van der Waals surface area contributed by atoms with Crippen LogP contribution in [0.4, 0.5) is 0 Å². The summed E-state index contributed by atoms with van der Waals surface area (Å²) in [6.45, 7) is 6.45. The molecule has 0 aliphatic heterocycles. The zero-order chi connectivity index (χ0) is 21.0. The Bertz CT molecular complexity index is 984. The molecule has 2 amide bonds. The van der Waals surface area contributed by atoms with Gasteiger partial charge in [0.1, 0.15) is 0 Å². The van der Waals surface area contributed by atoms with Gasteiger partial charge in [-0.3, -0.25) is 23.5 Å². The van der Waals surface area contributed by atoms with E-state index in [1.165, 1.54) is 22.8 Å². The molecule has 10 nitrogen and oxygen atoms in total. The van der Waals surface area contributed by atoms with Crippen LogP contribution in [0.25, 0.3) is 11.2 Å². The monoisotopic (exact) mass is 392 g/mol. The molecule has 0 saturated carbocycles. The lowest BCUT2D eigenvalue weighted by Gasteiger charge is -2.21. The van der Waals surface area contributed by atoms with Gasteiger partial charge in [0.05, 0.1) is 12.9 Å². The SMILES string of the molecule is CCN(CC(=O)NC(C)C)C(=O)CCCn1cnc2c1c(=O)n(C)c(=O)n2C. The number of amides is 2. The molecule has 2 aromatic heterocycles. The topological polar surface area (TPSA) is 111 Å². The minimum absolute atomic E-state index is 0.0226. The molecule has 0 aromatic carbocycles. The highest BCUT2D eigenvalue weighted by Gasteiger charge is 2.17. The lowest BCUT2D eigenvalue weighted by atomic mass is 10.2. The Hall–Kier alpha value is -2.91. The van der Waals surface area contributed by atoms with Crippen LogP contribution in [0, 0.1) is 0 Å². The summed E-state index contributed by atoms with van der Waals surface area (Å²) in [7, 11) is 2.98. The fourth-order valence-electron chi connectivity index (χ4n) is 3.04. The highest BCUT2D eigenvalue weighted by atomic mass is 16.2. The smallest absolute Gasteiger partial charge is 0.332 e. The second-order valence-electron chi connectivity index (χ2n) is 7.05. The molecule has 0 radical (unpaired) electrons. The van der Waals surface area contributed by atoms with Crippen LogP contribution < -0.4 is 16.6 Å². The maximum Gasteiger partial charge on any atom is 0.332 e. The van der Waals surface area contributed by atoms with Crippen molar-refractivity contribution in [1.82, 2.24) is 28.9 Å². The van der Waals surface area contributed by atoms with Crippen LogP contribution >= 0.6 is 0 Å². The predicted molar refractivity (Wildman–Crippen MR) is 105 cm³/mol. The number of nitrogens with one attached hydrogen (secondary N) is 1. The zero-order valence-corrected chi connectivity index (χ0v) is 17.1. The van der Waals surface area contributed by atoms with E-state index < -0.39 is 11.2 Å². The number of imidazole rings is 1. The highest BCUT2D eigenvalue weighted by molar-refractivity contribution is 5.84. The van der Waals surface area contributed by atoms with Crippen LogP contribution in [-0.2, 0) is 30.2 Å². The summed E-state index contributed by atoms with van der Waals surface area (Å²) in [4.78, 5) is 54.4. The van der Waals surface area contributed by atoms with E-state index in [9.17, 15) is 19.2 Å². The number of fused-ring (bicyclic) bond motifs is 1. The Morgan fingerprint density at radius 1 is 1.21 bits per heavy atom. The highest BCUT2D eigenvalue weighted by Crippen LogP contribution is 2.08. The van der Waals surface area contributed by atoms with E-state index in [-0.39, 0.29) is 30.8 Å². The number of carbonyl (C=O) groups is 2. The first-order valence-corrected chi connectivity index (χ1v) is 9.35. The minimum Gasteiger partial charge on any atom is -0.352 e. The molecule has 0 spiro atoms. The van der Waals surface area contributed by atoms with E-state index in [4.69, 9.17) is 0 Å². The van der Waals surface area contributed by atoms with Crippen molar-refractivity contribution in [2.24, 2.45) is 14.1 Å². The van der Waals surface area contributed by atoms with Gasteiger partial charge in [-0.1, -0.05) is 0 Å². The Kier molecular flexibility index (Phi) is 6.76. The van der Waals surface area contributed by atoms with Gasteiger partial charge in [0.15, 0.2) is 11.2 Å². The normalized spacial score (nSPS) is 11.2. The molecule has 0 fully saturated rings. The zero-order valence-electron chi connectivity index (χ0n) is 17.1. The summed E-state index contributed by atoms with van der Waals surface area (Å²) < 4.78 is 4.02. The predicted octanol–water partition coefficient (Wildman–Crippen LogP) is -0.413. The summed E-state index contributed by atoms with van der Waals surface area (Å²) >= 11 is 0. The minimum atomic E-state index is -0.434. The van der Waals surface area contributed by atoms with Crippen molar-refractivity contribution in [3.8, 4) is 0 Å². The van der Waals surface area contributed by atoms with Crippen molar-refractivity contribution in [3.63, 3.8) is 0 Å². The molecule has 0 unspecified atom stereocenters. The fraction of sp³-hybridized carbons (Fsp3) is 0.611. The number of hydrogen-bond donors (Lipinski definition) is 1. The third kappa shape index (κ3) is 4.49. The van der Waals surface area contributed by atoms with E-state index in [2.05, 4.69) is 10.3 Å². The van der Waals surface area contributed by atoms with Gasteiger partial charge >= 0.3 is 5.69 Å². The average Bonchev–Trinajstić information content (AvgIpc) is 3.06. The summed E-state index contributed by atoms with van der Waals surface area (Å²) in [5, 5.41) is 2.77.